The first kappa shape index (κ1) is 19.5. The summed E-state index contributed by atoms with van der Waals surface area (Å²) in [5, 5.41) is 2.90. The lowest BCUT2D eigenvalue weighted by Crippen LogP contribution is -2.26. The number of anilines is 1. The molecule has 0 aromatic heterocycles. The number of aryl methyl sites for hydroxylation is 1. The van der Waals surface area contributed by atoms with Crippen LogP contribution in [0.2, 0.25) is 0 Å². The highest BCUT2D eigenvalue weighted by molar-refractivity contribution is 6.05. The molecule has 0 aliphatic carbocycles. The van der Waals surface area contributed by atoms with E-state index in [9.17, 15) is 9.59 Å². The number of benzene rings is 3. The lowest BCUT2D eigenvalue weighted by Gasteiger charge is -2.19. The fourth-order valence-electron chi connectivity index (χ4n) is 3.28. The van der Waals surface area contributed by atoms with E-state index >= 15 is 0 Å². The Bertz CT molecular complexity index is 1100. The Morgan fingerprint density at radius 2 is 1.70 bits per heavy atom. The highest BCUT2D eigenvalue weighted by Gasteiger charge is 2.17. The summed E-state index contributed by atoms with van der Waals surface area (Å²) in [6, 6.07) is 19.9. The normalized spacial score (nSPS) is 11.8. The molecule has 0 fully saturated rings. The van der Waals surface area contributed by atoms with E-state index in [-0.39, 0.29) is 18.6 Å². The van der Waals surface area contributed by atoms with E-state index in [1.165, 1.54) is 0 Å². The number of ether oxygens (including phenoxy) is 2. The second-order valence-corrected chi connectivity index (χ2v) is 7.20. The standard InChI is InChI=1S/C24H22N2O4/c1-16-8-10-19(13-20(16)25-23(27)18-6-4-3-5-7-18)24(28)26(2)14-17-9-11-21-22(12-17)30-15-29-21/h3-13H,14-15H2,1-2H3,(H,25,27). The summed E-state index contributed by atoms with van der Waals surface area (Å²) in [6.07, 6.45) is 0. The average molecular weight is 402 g/mol. The van der Waals surface area contributed by atoms with Gasteiger partial charge in [-0.3, -0.25) is 9.59 Å². The molecular weight excluding hydrogens is 380 g/mol. The Kier molecular flexibility index (Phi) is 5.39. The summed E-state index contributed by atoms with van der Waals surface area (Å²) >= 11 is 0. The first-order chi connectivity index (χ1) is 14.5. The predicted molar refractivity (Wildman–Crippen MR) is 114 cm³/mol. The number of nitrogens with zero attached hydrogens (tertiary/aromatic N) is 1. The van der Waals surface area contributed by atoms with E-state index in [0.717, 1.165) is 11.1 Å². The Hall–Kier alpha value is -3.80. The zero-order chi connectivity index (χ0) is 21.1. The van der Waals surface area contributed by atoms with Crippen LogP contribution >= 0.6 is 0 Å². The molecule has 0 saturated carbocycles. The largest absolute Gasteiger partial charge is 0.454 e. The Labute approximate surface area is 175 Å². The van der Waals surface area contributed by atoms with Gasteiger partial charge in [-0.05, 0) is 54.4 Å². The van der Waals surface area contributed by atoms with Crippen molar-refractivity contribution in [3.63, 3.8) is 0 Å². The highest BCUT2D eigenvalue weighted by atomic mass is 16.7. The second kappa shape index (κ2) is 8.29. The van der Waals surface area contributed by atoms with Crippen LogP contribution < -0.4 is 14.8 Å². The van der Waals surface area contributed by atoms with E-state index in [1.807, 2.05) is 49.4 Å². The summed E-state index contributed by atoms with van der Waals surface area (Å²) in [5.74, 6) is 1.06. The number of carbonyl (C=O) groups is 2. The molecule has 0 atom stereocenters. The minimum absolute atomic E-state index is 0.136. The van der Waals surface area contributed by atoms with Gasteiger partial charge in [0.1, 0.15) is 0 Å². The Balaban J connectivity index is 1.48. The summed E-state index contributed by atoms with van der Waals surface area (Å²) in [7, 11) is 1.75. The van der Waals surface area contributed by atoms with Crippen molar-refractivity contribution in [1.29, 1.82) is 0 Å². The van der Waals surface area contributed by atoms with Gasteiger partial charge >= 0.3 is 0 Å². The molecule has 0 unspecified atom stereocenters. The topological polar surface area (TPSA) is 67.9 Å². The smallest absolute Gasteiger partial charge is 0.255 e. The van der Waals surface area contributed by atoms with Gasteiger partial charge in [-0.25, -0.2) is 0 Å². The second-order valence-electron chi connectivity index (χ2n) is 7.20. The van der Waals surface area contributed by atoms with Crippen molar-refractivity contribution in [2.24, 2.45) is 0 Å². The van der Waals surface area contributed by atoms with Crippen molar-refractivity contribution in [3.05, 3.63) is 89.0 Å². The van der Waals surface area contributed by atoms with Crippen LogP contribution in [0.4, 0.5) is 5.69 Å². The summed E-state index contributed by atoms with van der Waals surface area (Å²) in [4.78, 5) is 27.1. The van der Waals surface area contributed by atoms with Gasteiger partial charge in [0.15, 0.2) is 11.5 Å². The maximum absolute atomic E-state index is 13.0. The first-order valence-corrected chi connectivity index (χ1v) is 9.62. The van der Waals surface area contributed by atoms with Crippen molar-refractivity contribution in [2.45, 2.75) is 13.5 Å². The molecule has 152 valence electrons. The predicted octanol–water partition coefficient (Wildman–Crippen LogP) is 4.25. The van der Waals surface area contributed by atoms with Crippen LogP contribution in [0.1, 0.15) is 31.8 Å². The SMILES string of the molecule is Cc1ccc(C(=O)N(C)Cc2ccc3c(c2)OCO3)cc1NC(=O)c1ccccc1. The highest BCUT2D eigenvalue weighted by Crippen LogP contribution is 2.32. The van der Waals surface area contributed by atoms with Gasteiger partial charge in [0.25, 0.3) is 11.8 Å². The number of fused-ring (bicyclic) bond motifs is 1. The molecule has 1 heterocycles. The molecule has 1 N–H and O–H groups in total. The maximum atomic E-state index is 13.0. The number of carbonyl (C=O) groups excluding carboxylic acids is 2. The summed E-state index contributed by atoms with van der Waals surface area (Å²) in [5.41, 5.74) is 3.51. The number of amides is 2. The van der Waals surface area contributed by atoms with Crippen molar-refractivity contribution < 1.29 is 19.1 Å². The van der Waals surface area contributed by atoms with Crippen LogP contribution in [0.15, 0.2) is 66.7 Å². The molecule has 6 heteroatoms. The zero-order valence-corrected chi connectivity index (χ0v) is 16.8. The molecule has 1 aliphatic heterocycles. The summed E-state index contributed by atoms with van der Waals surface area (Å²) < 4.78 is 10.7. The molecule has 6 nitrogen and oxygen atoms in total. The van der Waals surface area contributed by atoms with Crippen molar-refractivity contribution >= 4 is 17.5 Å². The first-order valence-electron chi connectivity index (χ1n) is 9.62. The number of rotatable bonds is 5. The van der Waals surface area contributed by atoms with E-state index in [1.54, 1.807) is 36.2 Å². The molecule has 3 aromatic carbocycles. The third-order valence-corrected chi connectivity index (χ3v) is 4.97. The van der Waals surface area contributed by atoms with Gasteiger partial charge in [-0.15, -0.1) is 0 Å². The van der Waals surface area contributed by atoms with Crippen LogP contribution in [0.25, 0.3) is 0 Å². The third-order valence-electron chi connectivity index (χ3n) is 4.97. The molecule has 0 spiro atoms. The van der Waals surface area contributed by atoms with Gasteiger partial charge < -0.3 is 19.7 Å². The minimum Gasteiger partial charge on any atom is -0.454 e. The van der Waals surface area contributed by atoms with Gasteiger partial charge in [0.05, 0.1) is 0 Å². The fraction of sp³-hybridized carbons (Fsp3) is 0.167. The van der Waals surface area contributed by atoms with E-state index < -0.39 is 0 Å². The van der Waals surface area contributed by atoms with E-state index in [0.29, 0.717) is 34.9 Å². The molecule has 0 bridgehead atoms. The lowest BCUT2D eigenvalue weighted by atomic mass is 10.1. The van der Waals surface area contributed by atoms with Crippen LogP contribution in [0, 0.1) is 6.92 Å². The van der Waals surface area contributed by atoms with Gasteiger partial charge in [-0.1, -0.05) is 30.3 Å². The van der Waals surface area contributed by atoms with Crippen LogP contribution in [0.5, 0.6) is 11.5 Å². The van der Waals surface area contributed by atoms with E-state index in [2.05, 4.69) is 5.32 Å². The third kappa shape index (κ3) is 4.12. The van der Waals surface area contributed by atoms with Crippen LogP contribution in [0.3, 0.4) is 0 Å². The quantitative estimate of drug-likeness (QED) is 0.693. The molecule has 30 heavy (non-hydrogen) atoms. The average Bonchev–Trinajstić information content (AvgIpc) is 3.23. The Morgan fingerprint density at radius 1 is 0.933 bits per heavy atom. The molecule has 0 radical (unpaired) electrons. The molecular formula is C24H22N2O4. The molecule has 0 saturated heterocycles. The van der Waals surface area contributed by atoms with E-state index in [4.69, 9.17) is 9.47 Å². The number of hydrogen-bond acceptors (Lipinski definition) is 4. The summed E-state index contributed by atoms with van der Waals surface area (Å²) in [6.45, 7) is 2.54. The lowest BCUT2D eigenvalue weighted by molar-refractivity contribution is 0.0784. The van der Waals surface area contributed by atoms with Crippen molar-refractivity contribution in [2.75, 3.05) is 19.2 Å². The van der Waals surface area contributed by atoms with Gasteiger partial charge in [0, 0.05) is 30.4 Å². The van der Waals surface area contributed by atoms with Crippen molar-refractivity contribution in [1.82, 2.24) is 4.90 Å². The molecule has 4 rings (SSSR count). The molecule has 3 aromatic rings. The number of hydrogen-bond donors (Lipinski definition) is 1. The number of nitrogens with one attached hydrogen (secondary N) is 1. The fourth-order valence-corrected chi connectivity index (χ4v) is 3.28. The van der Waals surface area contributed by atoms with Crippen LogP contribution in [-0.2, 0) is 6.54 Å². The zero-order valence-electron chi connectivity index (χ0n) is 16.8. The van der Waals surface area contributed by atoms with Crippen LogP contribution in [-0.4, -0.2) is 30.6 Å². The van der Waals surface area contributed by atoms with Crippen molar-refractivity contribution in [3.8, 4) is 11.5 Å². The van der Waals surface area contributed by atoms with Gasteiger partial charge in [-0.2, -0.15) is 0 Å². The maximum Gasteiger partial charge on any atom is 0.255 e. The molecule has 2 amide bonds. The Morgan fingerprint density at radius 3 is 2.50 bits per heavy atom. The minimum atomic E-state index is -0.211. The molecule has 1 aliphatic rings. The monoisotopic (exact) mass is 402 g/mol. The van der Waals surface area contributed by atoms with Gasteiger partial charge in [0.2, 0.25) is 6.79 Å².